The molecular formula is C25H19Cl2NS. The molecule has 0 spiro atoms. The van der Waals surface area contributed by atoms with Gasteiger partial charge < -0.3 is 0 Å². The lowest BCUT2D eigenvalue weighted by Crippen LogP contribution is -1.85. The number of aryl methyl sites for hydroxylation is 1. The first-order chi connectivity index (χ1) is 14.1. The second-order valence-electron chi connectivity index (χ2n) is 6.62. The third-order valence-electron chi connectivity index (χ3n) is 4.52. The number of aliphatic imine (C=N–C) groups is 1. The number of hydrogen-bond donors (Lipinski definition) is 0. The first kappa shape index (κ1) is 21.3. The summed E-state index contributed by atoms with van der Waals surface area (Å²) in [6.07, 6.45) is 3.58. The van der Waals surface area contributed by atoms with Crippen molar-refractivity contribution in [1.29, 1.82) is 0 Å². The summed E-state index contributed by atoms with van der Waals surface area (Å²) in [6.45, 7) is 2.22. The highest BCUT2D eigenvalue weighted by Gasteiger charge is 2.06. The normalized spacial score (nSPS) is 10.0. The number of nitrogens with zero attached hydrogens (tertiary/aromatic N) is 1. The first-order valence-corrected chi connectivity index (χ1v) is 10.6. The van der Waals surface area contributed by atoms with Crippen molar-refractivity contribution < 1.29 is 0 Å². The molecule has 4 heteroatoms. The summed E-state index contributed by atoms with van der Waals surface area (Å²) in [4.78, 5) is 3.88. The van der Waals surface area contributed by atoms with E-state index in [1.165, 1.54) is 29.5 Å². The van der Waals surface area contributed by atoms with Gasteiger partial charge in [-0.3, -0.25) is 0 Å². The van der Waals surface area contributed by atoms with Gasteiger partial charge in [0.1, 0.15) is 5.69 Å². The van der Waals surface area contributed by atoms with Gasteiger partial charge in [0.2, 0.25) is 0 Å². The molecule has 0 fully saturated rings. The summed E-state index contributed by atoms with van der Waals surface area (Å²) >= 11 is 17.0. The lowest BCUT2D eigenvalue weighted by molar-refractivity contribution is 0.795. The number of hydrogen-bond acceptors (Lipinski definition) is 2. The maximum atomic E-state index is 6.19. The number of benzene rings is 3. The molecule has 144 valence electrons. The van der Waals surface area contributed by atoms with Crippen molar-refractivity contribution in [2.45, 2.75) is 26.2 Å². The number of rotatable bonds is 5. The van der Waals surface area contributed by atoms with Crippen molar-refractivity contribution in [3.05, 3.63) is 87.4 Å². The summed E-state index contributed by atoms with van der Waals surface area (Å²) in [5, 5.41) is 3.08. The summed E-state index contributed by atoms with van der Waals surface area (Å²) in [5.74, 6) is 6.23. The minimum absolute atomic E-state index is 0.400. The third kappa shape index (κ3) is 5.80. The van der Waals surface area contributed by atoms with E-state index in [0.717, 1.165) is 17.5 Å². The zero-order valence-corrected chi connectivity index (χ0v) is 18.3. The molecule has 0 radical (unpaired) electrons. The van der Waals surface area contributed by atoms with Crippen LogP contribution in [0.15, 0.2) is 65.7 Å². The molecule has 0 N–H and O–H groups in total. The van der Waals surface area contributed by atoms with Crippen LogP contribution in [-0.2, 0) is 6.42 Å². The largest absolute Gasteiger partial charge is 0.192 e. The zero-order valence-electron chi connectivity index (χ0n) is 16.0. The van der Waals surface area contributed by atoms with Crippen LogP contribution < -0.4 is 0 Å². The second kappa shape index (κ2) is 10.4. The summed E-state index contributed by atoms with van der Waals surface area (Å²) in [6, 6.07) is 20.4. The van der Waals surface area contributed by atoms with Crippen LogP contribution in [-0.4, -0.2) is 5.16 Å². The molecule has 0 aromatic heterocycles. The standard InChI is InChI=1S/C25H19Cl2NS/c1-2-3-4-18-7-11-21(12-8-18)22-13-9-19(10-14-22)5-6-20-15-23(26)25(28-17-29)24(27)16-20/h7-16H,2-4H2,1H3. The Morgan fingerprint density at radius 1 is 0.828 bits per heavy atom. The van der Waals surface area contributed by atoms with Crippen molar-refractivity contribution in [2.75, 3.05) is 0 Å². The van der Waals surface area contributed by atoms with Gasteiger partial charge in [-0.1, -0.05) is 84.8 Å². The molecule has 1 nitrogen and oxygen atoms in total. The third-order valence-corrected chi connectivity index (χ3v) is 5.18. The Hall–Kier alpha value is -2.40. The highest BCUT2D eigenvalue weighted by atomic mass is 35.5. The topological polar surface area (TPSA) is 12.4 Å². The molecular weight excluding hydrogens is 417 g/mol. The molecule has 0 heterocycles. The summed E-state index contributed by atoms with van der Waals surface area (Å²) in [7, 11) is 0. The molecule has 0 aliphatic rings. The fourth-order valence-corrected chi connectivity index (χ4v) is 3.59. The monoisotopic (exact) mass is 435 g/mol. The van der Waals surface area contributed by atoms with E-state index in [0.29, 0.717) is 15.7 Å². The van der Waals surface area contributed by atoms with Crippen LogP contribution in [0.2, 0.25) is 10.0 Å². The van der Waals surface area contributed by atoms with Gasteiger partial charge >= 0.3 is 0 Å². The Morgan fingerprint density at radius 3 is 1.93 bits per heavy atom. The molecule has 3 rings (SSSR count). The van der Waals surface area contributed by atoms with Gasteiger partial charge in [0.25, 0.3) is 0 Å². The summed E-state index contributed by atoms with van der Waals surface area (Å²) in [5.41, 5.74) is 5.82. The Kier molecular flexibility index (Phi) is 7.64. The number of thiocarbonyl (C=S) groups is 1. The molecule has 0 aliphatic carbocycles. The minimum atomic E-state index is 0.400. The molecule has 0 saturated carbocycles. The highest BCUT2D eigenvalue weighted by Crippen LogP contribution is 2.33. The van der Waals surface area contributed by atoms with Crippen LogP contribution in [0.3, 0.4) is 0 Å². The van der Waals surface area contributed by atoms with E-state index >= 15 is 0 Å². The first-order valence-electron chi connectivity index (χ1n) is 9.39. The molecule has 0 atom stereocenters. The van der Waals surface area contributed by atoms with Crippen LogP contribution in [0, 0.1) is 11.8 Å². The van der Waals surface area contributed by atoms with Crippen LogP contribution in [0.5, 0.6) is 0 Å². The van der Waals surface area contributed by atoms with Crippen molar-refractivity contribution in [3.8, 4) is 23.0 Å². The number of isothiocyanates is 1. The molecule has 0 bridgehead atoms. The van der Waals surface area contributed by atoms with Crippen LogP contribution in [0.25, 0.3) is 11.1 Å². The average molecular weight is 436 g/mol. The average Bonchev–Trinajstić information content (AvgIpc) is 2.74. The van der Waals surface area contributed by atoms with E-state index in [1.807, 2.05) is 12.1 Å². The molecule has 0 amide bonds. The Morgan fingerprint density at radius 2 is 1.38 bits per heavy atom. The van der Waals surface area contributed by atoms with Crippen LogP contribution >= 0.6 is 35.4 Å². The molecule has 0 unspecified atom stereocenters. The van der Waals surface area contributed by atoms with Gasteiger partial charge in [-0.15, -0.1) is 0 Å². The van der Waals surface area contributed by atoms with Gasteiger partial charge in [0.15, 0.2) is 0 Å². The molecule has 0 aliphatic heterocycles. The zero-order chi connectivity index (χ0) is 20.6. The fraction of sp³-hybridized carbons (Fsp3) is 0.160. The molecule has 3 aromatic rings. The quantitative estimate of drug-likeness (QED) is 0.223. The SMILES string of the molecule is CCCCc1ccc(-c2ccc(C#Cc3cc(Cl)c(N=C=S)c(Cl)c3)cc2)cc1. The number of unbranched alkanes of at least 4 members (excludes halogenated alkanes) is 1. The van der Waals surface area contributed by atoms with Crippen molar-refractivity contribution >= 4 is 46.3 Å². The van der Waals surface area contributed by atoms with Crippen molar-refractivity contribution in [3.63, 3.8) is 0 Å². The van der Waals surface area contributed by atoms with E-state index in [-0.39, 0.29) is 0 Å². The molecule has 29 heavy (non-hydrogen) atoms. The smallest absolute Gasteiger partial charge is 0.111 e. The Balaban J connectivity index is 1.76. The minimum Gasteiger partial charge on any atom is -0.192 e. The van der Waals surface area contributed by atoms with Gasteiger partial charge in [0.05, 0.1) is 15.2 Å². The van der Waals surface area contributed by atoms with E-state index < -0.39 is 0 Å². The van der Waals surface area contributed by atoms with Gasteiger partial charge in [0, 0.05) is 11.1 Å². The van der Waals surface area contributed by atoms with E-state index in [1.54, 1.807) is 12.1 Å². The van der Waals surface area contributed by atoms with Gasteiger partial charge in [-0.25, -0.2) is 0 Å². The molecule has 3 aromatic carbocycles. The van der Waals surface area contributed by atoms with Crippen molar-refractivity contribution in [2.24, 2.45) is 4.99 Å². The van der Waals surface area contributed by atoms with E-state index in [9.17, 15) is 0 Å². The van der Waals surface area contributed by atoms with Crippen molar-refractivity contribution in [1.82, 2.24) is 0 Å². The second-order valence-corrected chi connectivity index (χ2v) is 7.62. The van der Waals surface area contributed by atoms with Gasteiger partial charge in [-0.2, -0.15) is 4.99 Å². The van der Waals surface area contributed by atoms with E-state index in [2.05, 4.69) is 77.5 Å². The maximum absolute atomic E-state index is 6.19. The fourth-order valence-electron chi connectivity index (χ4n) is 2.93. The maximum Gasteiger partial charge on any atom is 0.111 e. The molecule has 0 saturated heterocycles. The van der Waals surface area contributed by atoms with E-state index in [4.69, 9.17) is 23.2 Å². The Bertz CT molecular complexity index is 1080. The van der Waals surface area contributed by atoms with Crippen LogP contribution in [0.4, 0.5) is 5.69 Å². The lowest BCUT2D eigenvalue weighted by Gasteiger charge is -2.04. The predicted molar refractivity (Wildman–Crippen MR) is 128 cm³/mol. The van der Waals surface area contributed by atoms with Gasteiger partial charge in [-0.05, 0) is 66.0 Å². The Labute approximate surface area is 187 Å². The summed E-state index contributed by atoms with van der Waals surface area (Å²) < 4.78 is 0. The predicted octanol–water partition coefficient (Wildman–Crippen LogP) is 8.14. The lowest BCUT2D eigenvalue weighted by atomic mass is 10.0. The highest BCUT2D eigenvalue weighted by molar-refractivity contribution is 7.78. The number of halogens is 2. The van der Waals surface area contributed by atoms with Crippen LogP contribution in [0.1, 0.15) is 36.5 Å².